The molecule has 0 fully saturated rings. The summed E-state index contributed by atoms with van der Waals surface area (Å²) in [5.41, 5.74) is 11.2. The summed E-state index contributed by atoms with van der Waals surface area (Å²) in [4.78, 5) is 4.65. The molecular formula is C36H39N3. The van der Waals surface area contributed by atoms with Crippen molar-refractivity contribution in [3.63, 3.8) is 0 Å². The van der Waals surface area contributed by atoms with E-state index in [-0.39, 0.29) is 10.8 Å². The number of benzene rings is 4. The minimum Gasteiger partial charge on any atom is -0.249 e. The first-order chi connectivity index (χ1) is 18.4. The second-order valence-electron chi connectivity index (χ2n) is 12.6. The number of aromatic nitrogens is 3. The van der Waals surface area contributed by atoms with Crippen LogP contribution in [0.2, 0.25) is 0 Å². The monoisotopic (exact) mass is 513 g/mol. The van der Waals surface area contributed by atoms with Crippen LogP contribution in [0.4, 0.5) is 0 Å². The molecule has 0 saturated heterocycles. The van der Waals surface area contributed by atoms with Gasteiger partial charge in [0.2, 0.25) is 0 Å². The van der Waals surface area contributed by atoms with Crippen molar-refractivity contribution in [3.8, 4) is 44.8 Å². The van der Waals surface area contributed by atoms with Crippen molar-refractivity contribution in [1.29, 1.82) is 0 Å². The average Bonchev–Trinajstić information content (AvgIpc) is 3.25. The Bertz CT molecular complexity index is 1530. The summed E-state index contributed by atoms with van der Waals surface area (Å²) in [6, 6.07) is 33.6. The zero-order valence-corrected chi connectivity index (χ0v) is 24.5. The lowest BCUT2D eigenvalue weighted by atomic mass is 9.85. The summed E-state index contributed by atoms with van der Waals surface area (Å²) in [6.07, 6.45) is 0. The fourth-order valence-electron chi connectivity index (χ4n) is 5.05. The van der Waals surface area contributed by atoms with Gasteiger partial charge in [-0.1, -0.05) is 108 Å². The number of aryl methyl sites for hydroxylation is 2. The van der Waals surface area contributed by atoms with Gasteiger partial charge in [-0.25, -0.2) is 9.67 Å². The first-order valence-electron chi connectivity index (χ1n) is 13.7. The summed E-state index contributed by atoms with van der Waals surface area (Å²) in [6.45, 7) is 15.5. The molecule has 0 radical (unpaired) electrons. The van der Waals surface area contributed by atoms with Crippen LogP contribution in [0.3, 0.4) is 0 Å². The van der Waals surface area contributed by atoms with Gasteiger partial charge in [-0.15, -0.1) is 0 Å². The minimum atomic E-state index is 0.124. The molecule has 0 aliphatic heterocycles. The van der Waals surface area contributed by atoms with Gasteiger partial charge in [0, 0.05) is 12.6 Å². The van der Waals surface area contributed by atoms with Crippen LogP contribution in [-0.4, -0.2) is 14.8 Å². The molecule has 0 amide bonds. The van der Waals surface area contributed by atoms with Crippen molar-refractivity contribution in [2.24, 2.45) is 7.05 Å². The quantitative estimate of drug-likeness (QED) is 0.240. The molecule has 0 aliphatic carbocycles. The summed E-state index contributed by atoms with van der Waals surface area (Å²) < 4.78 is 1.85. The van der Waals surface area contributed by atoms with E-state index in [1.54, 1.807) is 0 Å². The Morgan fingerprint density at radius 3 is 1.33 bits per heavy atom. The maximum atomic E-state index is 4.65. The van der Waals surface area contributed by atoms with Gasteiger partial charge in [0.25, 0.3) is 0 Å². The topological polar surface area (TPSA) is 30.7 Å². The molecule has 1 aromatic heterocycles. The lowest BCUT2D eigenvalue weighted by Crippen LogP contribution is -2.10. The Morgan fingerprint density at radius 2 is 0.923 bits per heavy atom. The van der Waals surface area contributed by atoms with E-state index >= 15 is 0 Å². The molecule has 0 atom stereocenters. The Balaban J connectivity index is 1.64. The number of hydrogen-bond donors (Lipinski definition) is 0. The van der Waals surface area contributed by atoms with E-state index in [0.717, 1.165) is 22.8 Å². The molecule has 0 saturated carbocycles. The molecule has 0 bridgehead atoms. The third-order valence-corrected chi connectivity index (χ3v) is 7.42. The highest BCUT2D eigenvalue weighted by Gasteiger charge is 2.16. The minimum absolute atomic E-state index is 0.124. The predicted molar refractivity (Wildman–Crippen MR) is 165 cm³/mol. The summed E-state index contributed by atoms with van der Waals surface area (Å²) in [5, 5.41) is 4.45. The second-order valence-corrected chi connectivity index (χ2v) is 12.6. The SMILES string of the molecule is Cc1nc(-c2cccc(-c3cc(-c4ccc(C(C)(C)C)cc4)cc(-c4ccc(C(C)(C)C)cc4)c3)c2)n(C)n1. The molecule has 0 unspecified atom stereocenters. The molecule has 0 N–H and O–H groups in total. The molecule has 0 aliphatic rings. The van der Waals surface area contributed by atoms with E-state index in [2.05, 4.69) is 143 Å². The molecule has 5 rings (SSSR count). The zero-order chi connectivity index (χ0) is 27.9. The summed E-state index contributed by atoms with van der Waals surface area (Å²) in [7, 11) is 1.95. The number of nitrogens with zero attached hydrogens (tertiary/aromatic N) is 3. The second kappa shape index (κ2) is 9.96. The van der Waals surface area contributed by atoms with E-state index in [9.17, 15) is 0 Å². The van der Waals surface area contributed by atoms with Gasteiger partial charge in [0.1, 0.15) is 5.82 Å². The van der Waals surface area contributed by atoms with Crippen molar-refractivity contribution in [2.75, 3.05) is 0 Å². The number of rotatable bonds is 4. The van der Waals surface area contributed by atoms with Crippen LogP contribution in [-0.2, 0) is 17.9 Å². The van der Waals surface area contributed by atoms with Gasteiger partial charge in [-0.05, 0) is 86.5 Å². The summed E-state index contributed by atoms with van der Waals surface area (Å²) >= 11 is 0. The highest BCUT2D eigenvalue weighted by atomic mass is 15.3. The van der Waals surface area contributed by atoms with Gasteiger partial charge >= 0.3 is 0 Å². The van der Waals surface area contributed by atoms with Crippen LogP contribution < -0.4 is 0 Å². The van der Waals surface area contributed by atoms with Crippen LogP contribution in [0, 0.1) is 6.92 Å². The molecule has 1 heterocycles. The Labute approximate surface area is 233 Å². The third-order valence-electron chi connectivity index (χ3n) is 7.42. The Morgan fingerprint density at radius 1 is 0.513 bits per heavy atom. The lowest BCUT2D eigenvalue weighted by Gasteiger charge is -2.20. The standard InChI is InChI=1S/C36H39N3/c1-24-37-34(39(8)38-24)28-11-9-10-27(20-28)31-22-29(25-12-16-32(17-13-25)35(2,3)4)21-30(23-31)26-14-18-33(19-15-26)36(5,6)7/h9-23H,1-8H3. The molecule has 39 heavy (non-hydrogen) atoms. The van der Waals surface area contributed by atoms with Crippen LogP contribution in [0.25, 0.3) is 44.8 Å². The highest BCUT2D eigenvalue weighted by molar-refractivity contribution is 5.82. The normalized spacial score (nSPS) is 12.1. The van der Waals surface area contributed by atoms with Gasteiger partial charge in [-0.3, -0.25) is 0 Å². The maximum absolute atomic E-state index is 4.65. The molecule has 3 nitrogen and oxygen atoms in total. The Kier molecular flexibility index (Phi) is 6.80. The van der Waals surface area contributed by atoms with E-state index in [1.807, 2.05) is 18.7 Å². The molecule has 5 aromatic rings. The average molecular weight is 514 g/mol. The van der Waals surface area contributed by atoms with E-state index in [1.165, 1.54) is 38.9 Å². The largest absolute Gasteiger partial charge is 0.249 e. The van der Waals surface area contributed by atoms with Gasteiger partial charge < -0.3 is 0 Å². The molecule has 4 aromatic carbocycles. The van der Waals surface area contributed by atoms with Crippen LogP contribution in [0.15, 0.2) is 91.0 Å². The first-order valence-corrected chi connectivity index (χ1v) is 13.7. The van der Waals surface area contributed by atoms with Crippen molar-refractivity contribution in [2.45, 2.75) is 59.3 Å². The molecule has 0 spiro atoms. The van der Waals surface area contributed by atoms with Crippen molar-refractivity contribution < 1.29 is 0 Å². The van der Waals surface area contributed by atoms with Gasteiger partial charge in [0.15, 0.2) is 5.82 Å². The fraction of sp³-hybridized carbons (Fsp3) is 0.278. The first kappa shape index (κ1) is 26.6. The van der Waals surface area contributed by atoms with Gasteiger partial charge in [-0.2, -0.15) is 5.10 Å². The highest BCUT2D eigenvalue weighted by Crippen LogP contribution is 2.36. The fourth-order valence-corrected chi connectivity index (χ4v) is 5.05. The van der Waals surface area contributed by atoms with Gasteiger partial charge in [0.05, 0.1) is 0 Å². The van der Waals surface area contributed by atoms with Crippen molar-refractivity contribution in [1.82, 2.24) is 14.8 Å². The van der Waals surface area contributed by atoms with E-state index in [0.29, 0.717) is 0 Å². The molecular weight excluding hydrogens is 474 g/mol. The van der Waals surface area contributed by atoms with Crippen LogP contribution in [0.1, 0.15) is 58.5 Å². The maximum Gasteiger partial charge on any atom is 0.158 e. The predicted octanol–water partition coefficient (Wildman–Crippen LogP) is 9.39. The molecule has 198 valence electrons. The Hall–Kier alpha value is -3.98. The van der Waals surface area contributed by atoms with Crippen molar-refractivity contribution in [3.05, 3.63) is 108 Å². The smallest absolute Gasteiger partial charge is 0.158 e. The molecule has 3 heteroatoms. The van der Waals surface area contributed by atoms with Crippen LogP contribution in [0.5, 0.6) is 0 Å². The summed E-state index contributed by atoms with van der Waals surface area (Å²) in [5.74, 6) is 1.65. The van der Waals surface area contributed by atoms with E-state index in [4.69, 9.17) is 0 Å². The van der Waals surface area contributed by atoms with Crippen molar-refractivity contribution >= 4 is 0 Å². The van der Waals surface area contributed by atoms with E-state index < -0.39 is 0 Å². The third kappa shape index (κ3) is 5.73. The lowest BCUT2D eigenvalue weighted by molar-refractivity contribution is 0.590. The zero-order valence-electron chi connectivity index (χ0n) is 24.5. The van der Waals surface area contributed by atoms with Crippen LogP contribution >= 0.6 is 0 Å². The number of hydrogen-bond acceptors (Lipinski definition) is 2.